The van der Waals surface area contributed by atoms with E-state index in [1.165, 1.54) is 6.39 Å². The maximum atomic E-state index is 12.7. The van der Waals surface area contributed by atoms with Crippen molar-refractivity contribution in [1.82, 2.24) is 25.1 Å². The minimum Gasteiger partial charge on any atom is -0.448 e. The van der Waals surface area contributed by atoms with Gasteiger partial charge >= 0.3 is 0 Å². The predicted molar refractivity (Wildman–Crippen MR) is 111 cm³/mol. The van der Waals surface area contributed by atoms with Crippen LogP contribution in [0.1, 0.15) is 47.6 Å². The molecule has 0 bridgehead atoms. The van der Waals surface area contributed by atoms with Gasteiger partial charge in [-0.2, -0.15) is 0 Å². The smallest absolute Gasteiger partial charge is 0.276 e. The molecule has 0 aromatic carbocycles. The van der Waals surface area contributed by atoms with Crippen LogP contribution >= 0.6 is 0 Å². The molecule has 2 aliphatic rings. The molecule has 2 aliphatic heterocycles. The largest absolute Gasteiger partial charge is 0.448 e. The molecule has 1 atom stereocenters. The summed E-state index contributed by atoms with van der Waals surface area (Å²) in [6, 6.07) is 6.13. The highest BCUT2D eigenvalue weighted by atomic mass is 16.3. The van der Waals surface area contributed by atoms with E-state index in [0.29, 0.717) is 37.1 Å². The third-order valence-corrected chi connectivity index (χ3v) is 6.21. The lowest BCUT2D eigenvalue weighted by Crippen LogP contribution is -2.51. The van der Waals surface area contributed by atoms with E-state index in [0.717, 1.165) is 44.5 Å². The molecule has 2 fully saturated rings. The van der Waals surface area contributed by atoms with Crippen molar-refractivity contribution in [2.75, 3.05) is 26.2 Å². The summed E-state index contributed by atoms with van der Waals surface area (Å²) in [6.07, 6.45) is 6.86. The van der Waals surface area contributed by atoms with E-state index >= 15 is 0 Å². The molecule has 8 nitrogen and oxygen atoms in total. The molecule has 30 heavy (non-hydrogen) atoms. The van der Waals surface area contributed by atoms with Crippen LogP contribution in [0.15, 0.2) is 35.2 Å². The topological polar surface area (TPSA) is 91.6 Å². The molecule has 0 radical (unpaired) electrons. The van der Waals surface area contributed by atoms with E-state index in [1.54, 1.807) is 13.1 Å². The van der Waals surface area contributed by atoms with Crippen LogP contribution in [-0.2, 0) is 11.3 Å². The fourth-order valence-electron chi connectivity index (χ4n) is 4.47. The molecule has 2 saturated heterocycles. The second-order valence-electron chi connectivity index (χ2n) is 8.15. The lowest BCUT2D eigenvalue weighted by Gasteiger charge is -2.41. The van der Waals surface area contributed by atoms with Gasteiger partial charge in [0.05, 0.1) is 18.2 Å². The minimum absolute atomic E-state index is 0.0138. The first-order chi connectivity index (χ1) is 14.6. The van der Waals surface area contributed by atoms with Crippen molar-refractivity contribution < 1.29 is 14.0 Å². The van der Waals surface area contributed by atoms with Gasteiger partial charge in [-0.15, -0.1) is 0 Å². The van der Waals surface area contributed by atoms with Crippen molar-refractivity contribution in [2.45, 2.75) is 45.2 Å². The van der Waals surface area contributed by atoms with E-state index in [4.69, 9.17) is 4.42 Å². The van der Waals surface area contributed by atoms with Gasteiger partial charge in [0.25, 0.3) is 5.91 Å². The Morgan fingerprint density at radius 3 is 2.70 bits per heavy atom. The number of hydrogen-bond donors (Lipinski definition) is 1. The summed E-state index contributed by atoms with van der Waals surface area (Å²) in [4.78, 5) is 37.9. The normalized spacial score (nSPS) is 20.8. The number of carbonyl (C=O) groups excluding carboxylic acids is 2. The molecule has 4 heterocycles. The van der Waals surface area contributed by atoms with E-state index in [2.05, 4.69) is 20.2 Å². The number of aromatic nitrogens is 2. The van der Waals surface area contributed by atoms with Gasteiger partial charge in [-0.1, -0.05) is 6.07 Å². The van der Waals surface area contributed by atoms with Crippen molar-refractivity contribution in [1.29, 1.82) is 0 Å². The van der Waals surface area contributed by atoms with Crippen LogP contribution in [0.5, 0.6) is 0 Å². The maximum Gasteiger partial charge on any atom is 0.276 e. The summed E-state index contributed by atoms with van der Waals surface area (Å²) in [5, 5.41) is 3.04. The first kappa shape index (κ1) is 20.5. The Morgan fingerprint density at radius 2 is 2.00 bits per heavy atom. The summed E-state index contributed by atoms with van der Waals surface area (Å²) in [5.74, 6) is 0.641. The lowest BCUT2D eigenvalue weighted by atomic mass is 9.93. The molecule has 160 valence electrons. The first-order valence-electron chi connectivity index (χ1n) is 10.7. The van der Waals surface area contributed by atoms with Crippen LogP contribution in [0.2, 0.25) is 0 Å². The second kappa shape index (κ2) is 9.38. The van der Waals surface area contributed by atoms with Crippen molar-refractivity contribution in [3.8, 4) is 0 Å². The standard InChI is InChI=1S/C22H29N5O3/c1-16-20(25-15-30-16)22(29)26-11-7-19(8-12-26)27-10-4-5-17(14-27)21(28)24-13-18-6-2-3-9-23-18/h2-3,6,9,15,17,19H,4-5,7-8,10-14H2,1H3,(H,24,28)/t17-/m0/s1. The van der Waals surface area contributed by atoms with Gasteiger partial charge in [0.1, 0.15) is 5.76 Å². The predicted octanol–water partition coefficient (Wildman–Crippen LogP) is 2.01. The highest BCUT2D eigenvalue weighted by molar-refractivity contribution is 5.93. The van der Waals surface area contributed by atoms with E-state index < -0.39 is 0 Å². The zero-order valence-electron chi connectivity index (χ0n) is 17.4. The minimum atomic E-state index is -0.0508. The molecule has 2 aromatic heterocycles. The van der Waals surface area contributed by atoms with Crippen LogP contribution in [0.3, 0.4) is 0 Å². The van der Waals surface area contributed by atoms with Gasteiger partial charge in [-0.05, 0) is 51.3 Å². The van der Waals surface area contributed by atoms with E-state index in [-0.39, 0.29) is 17.7 Å². The molecule has 2 aromatic rings. The lowest BCUT2D eigenvalue weighted by molar-refractivity contribution is -0.127. The maximum absolute atomic E-state index is 12.7. The molecule has 4 rings (SSSR count). The highest BCUT2D eigenvalue weighted by Gasteiger charge is 2.33. The molecule has 2 amide bonds. The number of likely N-dealkylation sites (tertiary alicyclic amines) is 2. The monoisotopic (exact) mass is 411 g/mol. The third kappa shape index (κ3) is 4.70. The zero-order chi connectivity index (χ0) is 20.9. The fourth-order valence-corrected chi connectivity index (χ4v) is 4.47. The van der Waals surface area contributed by atoms with Crippen LogP contribution in [-0.4, -0.2) is 63.8 Å². The van der Waals surface area contributed by atoms with Crippen LogP contribution < -0.4 is 5.32 Å². The molecule has 1 N–H and O–H groups in total. The number of amides is 2. The molecule has 8 heteroatoms. The SMILES string of the molecule is Cc1ocnc1C(=O)N1CCC(N2CCC[C@H](C(=O)NCc3ccccn3)C2)CC1. The number of aryl methyl sites for hydroxylation is 1. The Labute approximate surface area is 176 Å². The number of rotatable bonds is 5. The van der Waals surface area contributed by atoms with Crippen molar-refractivity contribution >= 4 is 11.8 Å². The summed E-state index contributed by atoms with van der Waals surface area (Å²) in [5.41, 5.74) is 1.29. The Hall–Kier alpha value is -2.74. The molecule has 0 unspecified atom stereocenters. The number of hydrogen-bond acceptors (Lipinski definition) is 6. The van der Waals surface area contributed by atoms with Crippen molar-refractivity contribution in [2.24, 2.45) is 5.92 Å². The van der Waals surface area contributed by atoms with Gasteiger partial charge in [0.2, 0.25) is 5.91 Å². The zero-order valence-corrected chi connectivity index (χ0v) is 17.4. The van der Waals surface area contributed by atoms with Gasteiger partial charge < -0.3 is 14.6 Å². The van der Waals surface area contributed by atoms with E-state index in [9.17, 15) is 9.59 Å². The Kier molecular flexibility index (Phi) is 6.42. The number of nitrogens with one attached hydrogen (secondary N) is 1. The van der Waals surface area contributed by atoms with Gasteiger partial charge in [0.15, 0.2) is 12.1 Å². The van der Waals surface area contributed by atoms with Gasteiger partial charge in [-0.25, -0.2) is 4.98 Å². The number of carbonyl (C=O) groups is 2. The fraction of sp³-hybridized carbons (Fsp3) is 0.545. The molecule has 0 saturated carbocycles. The average Bonchev–Trinajstić information content (AvgIpc) is 3.23. The number of piperidine rings is 2. The Balaban J connectivity index is 1.26. The van der Waals surface area contributed by atoms with Crippen molar-refractivity contribution in [3.05, 3.63) is 47.9 Å². The average molecular weight is 412 g/mol. The number of oxazole rings is 1. The van der Waals surface area contributed by atoms with Crippen LogP contribution in [0.25, 0.3) is 0 Å². The summed E-state index contributed by atoms with van der Waals surface area (Å²) in [7, 11) is 0. The second-order valence-corrected chi connectivity index (χ2v) is 8.15. The van der Waals surface area contributed by atoms with Gasteiger partial charge in [0, 0.05) is 31.9 Å². The number of pyridine rings is 1. The van der Waals surface area contributed by atoms with Crippen LogP contribution in [0.4, 0.5) is 0 Å². The first-order valence-corrected chi connectivity index (χ1v) is 10.7. The third-order valence-electron chi connectivity index (χ3n) is 6.21. The molecule has 0 aliphatic carbocycles. The summed E-state index contributed by atoms with van der Waals surface area (Å²) >= 11 is 0. The number of nitrogens with zero attached hydrogens (tertiary/aromatic N) is 4. The van der Waals surface area contributed by atoms with Crippen molar-refractivity contribution in [3.63, 3.8) is 0 Å². The van der Waals surface area contributed by atoms with E-state index in [1.807, 2.05) is 23.1 Å². The molecular weight excluding hydrogens is 382 g/mol. The molecular formula is C22H29N5O3. The van der Waals surface area contributed by atoms with Crippen LogP contribution in [0, 0.1) is 12.8 Å². The quantitative estimate of drug-likeness (QED) is 0.809. The Morgan fingerprint density at radius 1 is 1.17 bits per heavy atom. The molecule has 0 spiro atoms. The summed E-state index contributed by atoms with van der Waals surface area (Å²) < 4.78 is 5.17. The summed E-state index contributed by atoms with van der Waals surface area (Å²) in [6.45, 7) is 5.46. The van der Waals surface area contributed by atoms with Gasteiger partial charge in [-0.3, -0.25) is 19.5 Å². The highest BCUT2D eigenvalue weighted by Crippen LogP contribution is 2.25. The Bertz CT molecular complexity index is 861.